The third kappa shape index (κ3) is 5.13. The molecule has 1 heterocycles. The van der Waals surface area contributed by atoms with Crippen molar-refractivity contribution in [1.82, 2.24) is 15.5 Å². The quantitative estimate of drug-likeness (QED) is 0.598. The molecule has 0 aliphatic rings. The zero-order valence-electron chi connectivity index (χ0n) is 15.7. The van der Waals surface area contributed by atoms with Gasteiger partial charge in [-0.05, 0) is 42.3 Å². The topological polar surface area (TPSA) is 93.2 Å². The van der Waals surface area contributed by atoms with E-state index >= 15 is 0 Å². The van der Waals surface area contributed by atoms with Crippen molar-refractivity contribution in [3.63, 3.8) is 0 Å². The summed E-state index contributed by atoms with van der Waals surface area (Å²) >= 11 is 0. The molecule has 0 aliphatic carbocycles. The van der Waals surface area contributed by atoms with E-state index < -0.39 is 11.9 Å². The number of anilines is 2. The summed E-state index contributed by atoms with van der Waals surface area (Å²) in [5, 5.41) is 13.5. The summed E-state index contributed by atoms with van der Waals surface area (Å²) in [4.78, 5) is 24.0. The first-order valence-electron chi connectivity index (χ1n) is 8.88. The van der Waals surface area contributed by atoms with Crippen LogP contribution in [-0.2, 0) is 11.2 Å². The first kappa shape index (κ1) is 19.9. The molecule has 0 saturated carbocycles. The van der Waals surface area contributed by atoms with Crippen molar-refractivity contribution >= 4 is 23.4 Å². The van der Waals surface area contributed by atoms with Crippen molar-refractivity contribution in [3.8, 4) is 0 Å². The van der Waals surface area contributed by atoms with Crippen LogP contribution in [0.25, 0.3) is 0 Å². The Morgan fingerprint density at radius 2 is 1.76 bits per heavy atom. The van der Waals surface area contributed by atoms with E-state index in [0.717, 1.165) is 0 Å². The second kappa shape index (κ2) is 9.41. The molecule has 1 amide bonds. The molecule has 3 rings (SSSR count). The number of nitrogens with one attached hydrogen (secondary N) is 2. The van der Waals surface area contributed by atoms with Crippen LogP contribution in [-0.4, -0.2) is 35.7 Å². The Balaban J connectivity index is 1.59. The van der Waals surface area contributed by atoms with Gasteiger partial charge < -0.3 is 15.4 Å². The standard InChI is InChI=1S/C21H19FN4O3/c1-29-21(28)15-7-3-5-9-17(15)24-19-11-10-18(25-26-19)20(27)23-13-12-14-6-2-4-8-16(14)22/h2-11H,12-13H2,1H3,(H,23,27)(H,24,26). The van der Waals surface area contributed by atoms with Crippen LogP contribution in [0.15, 0.2) is 60.7 Å². The summed E-state index contributed by atoms with van der Waals surface area (Å²) < 4.78 is 18.3. The highest BCUT2D eigenvalue weighted by molar-refractivity contribution is 5.96. The number of methoxy groups -OCH3 is 1. The van der Waals surface area contributed by atoms with Crippen LogP contribution in [0, 0.1) is 5.82 Å². The van der Waals surface area contributed by atoms with E-state index in [1.54, 1.807) is 48.5 Å². The Morgan fingerprint density at radius 1 is 1.00 bits per heavy atom. The first-order valence-corrected chi connectivity index (χ1v) is 8.88. The van der Waals surface area contributed by atoms with E-state index in [1.807, 2.05) is 0 Å². The molecule has 0 spiro atoms. The molecule has 0 unspecified atom stereocenters. The lowest BCUT2D eigenvalue weighted by Gasteiger charge is -2.10. The van der Waals surface area contributed by atoms with Crippen LogP contribution in [0.1, 0.15) is 26.4 Å². The Morgan fingerprint density at radius 3 is 2.48 bits per heavy atom. The van der Waals surface area contributed by atoms with E-state index in [2.05, 4.69) is 20.8 Å². The van der Waals surface area contributed by atoms with Gasteiger partial charge in [0.2, 0.25) is 0 Å². The molecule has 1 aromatic heterocycles. The summed E-state index contributed by atoms with van der Waals surface area (Å²) in [6.45, 7) is 0.272. The molecule has 0 saturated heterocycles. The van der Waals surface area contributed by atoms with Gasteiger partial charge in [-0.25, -0.2) is 9.18 Å². The second-order valence-corrected chi connectivity index (χ2v) is 6.06. The highest BCUT2D eigenvalue weighted by Gasteiger charge is 2.13. The maximum Gasteiger partial charge on any atom is 0.339 e. The summed E-state index contributed by atoms with van der Waals surface area (Å²) in [6, 6.07) is 16.3. The Kier molecular flexibility index (Phi) is 6.47. The van der Waals surface area contributed by atoms with E-state index in [0.29, 0.717) is 29.1 Å². The van der Waals surface area contributed by atoms with Crippen LogP contribution in [0.2, 0.25) is 0 Å². The molecular formula is C21H19FN4O3. The molecule has 0 radical (unpaired) electrons. The van der Waals surface area contributed by atoms with Crippen molar-refractivity contribution < 1.29 is 18.7 Å². The van der Waals surface area contributed by atoms with Gasteiger partial charge in [0.1, 0.15) is 5.82 Å². The van der Waals surface area contributed by atoms with E-state index in [-0.39, 0.29) is 18.1 Å². The fraction of sp³-hybridized carbons (Fsp3) is 0.143. The minimum Gasteiger partial charge on any atom is -0.465 e. The lowest BCUT2D eigenvalue weighted by atomic mass is 10.1. The molecule has 3 aromatic rings. The molecule has 7 nitrogen and oxygen atoms in total. The number of hydrogen-bond donors (Lipinski definition) is 2. The van der Waals surface area contributed by atoms with Gasteiger partial charge in [0.05, 0.1) is 18.4 Å². The van der Waals surface area contributed by atoms with Gasteiger partial charge in [0.15, 0.2) is 11.5 Å². The van der Waals surface area contributed by atoms with Crippen molar-refractivity contribution in [3.05, 3.63) is 83.3 Å². The zero-order valence-corrected chi connectivity index (χ0v) is 15.7. The minimum absolute atomic E-state index is 0.130. The van der Waals surface area contributed by atoms with Gasteiger partial charge >= 0.3 is 5.97 Å². The van der Waals surface area contributed by atoms with Gasteiger partial charge in [-0.15, -0.1) is 10.2 Å². The Hall–Kier alpha value is -3.81. The van der Waals surface area contributed by atoms with Gasteiger partial charge in [0.25, 0.3) is 5.91 Å². The second-order valence-electron chi connectivity index (χ2n) is 6.06. The number of carbonyl (C=O) groups is 2. The largest absolute Gasteiger partial charge is 0.465 e. The number of rotatable bonds is 7. The zero-order chi connectivity index (χ0) is 20.6. The number of amides is 1. The fourth-order valence-electron chi connectivity index (χ4n) is 2.64. The number of esters is 1. The summed E-state index contributed by atoms with van der Waals surface area (Å²) in [5.74, 6) is -0.823. The third-order valence-electron chi connectivity index (χ3n) is 4.13. The Labute approximate surface area is 166 Å². The maximum absolute atomic E-state index is 13.6. The number of hydrogen-bond acceptors (Lipinski definition) is 6. The number of halogens is 1. The molecular weight excluding hydrogens is 375 g/mol. The molecule has 2 aromatic carbocycles. The van der Waals surface area contributed by atoms with Gasteiger partial charge in [-0.2, -0.15) is 0 Å². The highest BCUT2D eigenvalue weighted by atomic mass is 19.1. The number of ether oxygens (including phenoxy) is 1. The van der Waals surface area contributed by atoms with Crippen molar-refractivity contribution in [1.29, 1.82) is 0 Å². The van der Waals surface area contributed by atoms with Crippen molar-refractivity contribution in [2.24, 2.45) is 0 Å². The van der Waals surface area contributed by atoms with Crippen molar-refractivity contribution in [2.75, 3.05) is 19.0 Å². The minimum atomic E-state index is -0.480. The maximum atomic E-state index is 13.6. The van der Waals surface area contributed by atoms with Crippen molar-refractivity contribution in [2.45, 2.75) is 6.42 Å². The number of aromatic nitrogens is 2. The van der Waals surface area contributed by atoms with Gasteiger partial charge in [-0.1, -0.05) is 30.3 Å². The molecule has 2 N–H and O–H groups in total. The predicted molar refractivity (Wildman–Crippen MR) is 106 cm³/mol. The number of para-hydroxylation sites is 1. The van der Waals surface area contributed by atoms with E-state index in [4.69, 9.17) is 4.74 Å². The highest BCUT2D eigenvalue weighted by Crippen LogP contribution is 2.20. The normalized spacial score (nSPS) is 10.3. The molecule has 0 bridgehead atoms. The number of carbonyl (C=O) groups excluding carboxylic acids is 2. The summed E-state index contributed by atoms with van der Waals surface area (Å²) in [7, 11) is 1.30. The fourth-order valence-corrected chi connectivity index (χ4v) is 2.64. The van der Waals surface area contributed by atoms with Gasteiger partial charge in [0, 0.05) is 6.54 Å². The van der Waals surface area contributed by atoms with Crippen LogP contribution < -0.4 is 10.6 Å². The number of nitrogens with zero attached hydrogens (tertiary/aromatic N) is 2. The molecule has 0 fully saturated rings. The molecule has 0 aliphatic heterocycles. The SMILES string of the molecule is COC(=O)c1ccccc1Nc1ccc(C(=O)NCCc2ccccc2F)nn1. The molecule has 8 heteroatoms. The molecule has 148 valence electrons. The lowest BCUT2D eigenvalue weighted by molar-refractivity contribution is 0.0601. The van der Waals surface area contributed by atoms with Crippen LogP contribution in [0.4, 0.5) is 15.9 Å². The van der Waals surface area contributed by atoms with E-state index in [9.17, 15) is 14.0 Å². The lowest BCUT2D eigenvalue weighted by Crippen LogP contribution is -2.27. The van der Waals surface area contributed by atoms with Crippen LogP contribution in [0.3, 0.4) is 0 Å². The molecule has 0 atom stereocenters. The Bertz CT molecular complexity index is 1010. The first-order chi connectivity index (χ1) is 14.1. The average Bonchev–Trinajstić information content (AvgIpc) is 2.75. The number of benzene rings is 2. The summed E-state index contributed by atoms with van der Waals surface area (Å²) in [5.41, 5.74) is 1.52. The van der Waals surface area contributed by atoms with Crippen LogP contribution in [0.5, 0.6) is 0 Å². The average molecular weight is 394 g/mol. The molecule has 29 heavy (non-hydrogen) atoms. The van der Waals surface area contributed by atoms with Crippen LogP contribution >= 0.6 is 0 Å². The third-order valence-corrected chi connectivity index (χ3v) is 4.13. The van der Waals surface area contributed by atoms with Gasteiger partial charge in [-0.3, -0.25) is 4.79 Å². The summed E-state index contributed by atoms with van der Waals surface area (Å²) in [6.07, 6.45) is 0.371. The monoisotopic (exact) mass is 394 g/mol. The van der Waals surface area contributed by atoms with E-state index in [1.165, 1.54) is 19.2 Å². The predicted octanol–water partition coefficient (Wildman–Crippen LogP) is 3.12. The smallest absolute Gasteiger partial charge is 0.339 e.